The Morgan fingerprint density at radius 1 is 1.62 bits per heavy atom. The van der Waals surface area contributed by atoms with Crippen molar-refractivity contribution in [2.75, 3.05) is 7.11 Å². The number of rotatable bonds is 2. The zero-order chi connectivity index (χ0) is 9.90. The van der Waals surface area contributed by atoms with E-state index in [0.29, 0.717) is 12.8 Å². The maximum atomic E-state index is 11.0. The second-order valence-electron chi connectivity index (χ2n) is 3.81. The molecule has 4 heteroatoms. The molecule has 1 fully saturated rings. The molecule has 0 spiro atoms. The van der Waals surface area contributed by atoms with Crippen LogP contribution in [-0.4, -0.2) is 29.8 Å². The Balaban J connectivity index is 2.43. The van der Waals surface area contributed by atoms with E-state index < -0.39 is 5.60 Å². The first-order valence-electron chi connectivity index (χ1n) is 4.60. The Hall–Kier alpha value is -0.610. The Labute approximate surface area is 78.1 Å². The van der Waals surface area contributed by atoms with Gasteiger partial charge in [-0.05, 0) is 25.7 Å². The number of carbonyl (C=O) groups is 1. The van der Waals surface area contributed by atoms with E-state index in [9.17, 15) is 9.90 Å². The van der Waals surface area contributed by atoms with Gasteiger partial charge in [-0.2, -0.15) is 0 Å². The number of methoxy groups -OCH3 is 1. The predicted molar refractivity (Wildman–Crippen MR) is 48.0 cm³/mol. The van der Waals surface area contributed by atoms with Gasteiger partial charge in [0.25, 0.3) is 0 Å². The molecule has 0 aromatic rings. The Morgan fingerprint density at radius 3 is 2.62 bits per heavy atom. The fourth-order valence-corrected chi connectivity index (χ4v) is 1.70. The summed E-state index contributed by atoms with van der Waals surface area (Å²) in [5, 5.41) is 9.93. The first kappa shape index (κ1) is 10.5. The van der Waals surface area contributed by atoms with Gasteiger partial charge >= 0.3 is 5.97 Å². The summed E-state index contributed by atoms with van der Waals surface area (Å²) >= 11 is 0. The first-order valence-corrected chi connectivity index (χ1v) is 4.60. The van der Waals surface area contributed by atoms with Crippen LogP contribution in [0.5, 0.6) is 0 Å². The molecule has 0 atom stereocenters. The molecule has 13 heavy (non-hydrogen) atoms. The molecule has 1 saturated carbocycles. The van der Waals surface area contributed by atoms with E-state index in [1.54, 1.807) is 0 Å². The maximum absolute atomic E-state index is 11.0. The lowest BCUT2D eigenvalue weighted by Gasteiger charge is -2.33. The molecule has 4 nitrogen and oxygen atoms in total. The summed E-state index contributed by atoms with van der Waals surface area (Å²) < 4.78 is 4.51. The molecule has 0 aromatic carbocycles. The molecular formula is C9H17NO3. The Bertz CT molecular complexity index is 185. The smallest absolute Gasteiger partial charge is 0.308 e. The van der Waals surface area contributed by atoms with Crippen LogP contribution in [0.15, 0.2) is 0 Å². The van der Waals surface area contributed by atoms with E-state index in [-0.39, 0.29) is 18.4 Å². The molecule has 0 radical (unpaired) electrons. The number of esters is 1. The van der Waals surface area contributed by atoms with Crippen LogP contribution in [0.25, 0.3) is 0 Å². The van der Waals surface area contributed by atoms with Crippen molar-refractivity contribution >= 4 is 5.97 Å². The minimum absolute atomic E-state index is 0.0935. The highest BCUT2D eigenvalue weighted by molar-refractivity contribution is 5.70. The third-order valence-corrected chi connectivity index (χ3v) is 2.66. The van der Waals surface area contributed by atoms with Crippen molar-refractivity contribution in [2.24, 2.45) is 5.73 Å². The third-order valence-electron chi connectivity index (χ3n) is 2.66. The van der Waals surface area contributed by atoms with Crippen molar-refractivity contribution in [3.63, 3.8) is 0 Å². The molecule has 0 aromatic heterocycles. The van der Waals surface area contributed by atoms with Crippen LogP contribution >= 0.6 is 0 Å². The minimum atomic E-state index is -0.872. The van der Waals surface area contributed by atoms with Crippen molar-refractivity contribution in [3.05, 3.63) is 0 Å². The van der Waals surface area contributed by atoms with E-state index in [2.05, 4.69) is 4.74 Å². The summed E-state index contributed by atoms with van der Waals surface area (Å²) in [5.41, 5.74) is 4.82. The van der Waals surface area contributed by atoms with Crippen molar-refractivity contribution < 1.29 is 14.6 Å². The molecule has 1 rings (SSSR count). The lowest BCUT2D eigenvalue weighted by Crippen LogP contribution is -2.40. The van der Waals surface area contributed by atoms with Crippen LogP contribution in [0.4, 0.5) is 0 Å². The average molecular weight is 187 g/mol. The largest absolute Gasteiger partial charge is 0.469 e. The Morgan fingerprint density at radius 2 is 2.15 bits per heavy atom. The van der Waals surface area contributed by atoms with Gasteiger partial charge in [-0.3, -0.25) is 4.79 Å². The number of aliphatic hydroxyl groups is 1. The molecule has 1 aliphatic carbocycles. The number of ether oxygens (including phenoxy) is 1. The standard InChI is InChI=1S/C9H17NO3/c1-13-8(11)6-9(12)4-2-7(10)3-5-9/h7,12H,2-6,10H2,1H3. The summed E-state index contributed by atoms with van der Waals surface area (Å²) in [6.45, 7) is 0. The van der Waals surface area contributed by atoms with E-state index >= 15 is 0 Å². The average Bonchev–Trinajstić information content (AvgIpc) is 2.10. The van der Waals surface area contributed by atoms with Crippen LogP contribution in [0.3, 0.4) is 0 Å². The summed E-state index contributed by atoms with van der Waals surface area (Å²) in [5.74, 6) is -0.349. The normalized spacial score (nSPS) is 34.2. The van der Waals surface area contributed by atoms with Gasteiger partial charge < -0.3 is 15.6 Å². The topological polar surface area (TPSA) is 72.5 Å². The third kappa shape index (κ3) is 2.97. The summed E-state index contributed by atoms with van der Waals surface area (Å²) in [4.78, 5) is 11.0. The van der Waals surface area contributed by atoms with Gasteiger partial charge in [0, 0.05) is 6.04 Å². The van der Waals surface area contributed by atoms with E-state index in [0.717, 1.165) is 12.8 Å². The fourth-order valence-electron chi connectivity index (χ4n) is 1.70. The highest BCUT2D eigenvalue weighted by Crippen LogP contribution is 2.30. The lowest BCUT2D eigenvalue weighted by molar-refractivity contribution is -0.147. The van der Waals surface area contributed by atoms with Gasteiger partial charge in [0.15, 0.2) is 0 Å². The van der Waals surface area contributed by atoms with Crippen molar-refractivity contribution in [2.45, 2.75) is 43.7 Å². The van der Waals surface area contributed by atoms with Gasteiger partial charge in [0.2, 0.25) is 0 Å². The SMILES string of the molecule is COC(=O)CC1(O)CCC(N)CC1. The van der Waals surface area contributed by atoms with Gasteiger partial charge in [0.05, 0.1) is 19.1 Å². The van der Waals surface area contributed by atoms with Crippen LogP contribution in [0.1, 0.15) is 32.1 Å². The predicted octanol–water partition coefficient (Wildman–Crippen LogP) is 0.182. The highest BCUT2D eigenvalue weighted by Gasteiger charge is 2.34. The number of hydrogen-bond acceptors (Lipinski definition) is 4. The summed E-state index contributed by atoms with van der Waals surface area (Å²) in [6, 6.07) is 0.179. The maximum Gasteiger partial charge on any atom is 0.308 e. The van der Waals surface area contributed by atoms with Crippen LogP contribution in [0, 0.1) is 0 Å². The Kier molecular flexibility index (Phi) is 3.27. The van der Waals surface area contributed by atoms with Crippen molar-refractivity contribution in [1.82, 2.24) is 0 Å². The molecule has 0 heterocycles. The molecule has 76 valence electrons. The zero-order valence-corrected chi connectivity index (χ0v) is 7.95. The summed E-state index contributed by atoms with van der Waals surface area (Å²) in [6.07, 6.45) is 2.86. The van der Waals surface area contributed by atoms with Gasteiger partial charge in [0.1, 0.15) is 0 Å². The zero-order valence-electron chi connectivity index (χ0n) is 7.95. The molecule has 0 aliphatic heterocycles. The number of hydrogen-bond donors (Lipinski definition) is 2. The van der Waals surface area contributed by atoms with Crippen LogP contribution in [0.2, 0.25) is 0 Å². The second kappa shape index (κ2) is 4.07. The number of nitrogens with two attached hydrogens (primary N) is 1. The monoisotopic (exact) mass is 187 g/mol. The van der Waals surface area contributed by atoms with Crippen molar-refractivity contribution in [3.8, 4) is 0 Å². The van der Waals surface area contributed by atoms with Crippen LogP contribution in [-0.2, 0) is 9.53 Å². The fraction of sp³-hybridized carbons (Fsp3) is 0.889. The lowest BCUT2D eigenvalue weighted by atomic mass is 9.80. The first-order chi connectivity index (χ1) is 6.06. The molecule has 0 unspecified atom stereocenters. The molecule has 0 saturated heterocycles. The molecule has 1 aliphatic rings. The molecule has 0 bridgehead atoms. The molecule has 3 N–H and O–H groups in total. The van der Waals surface area contributed by atoms with Crippen LogP contribution < -0.4 is 5.73 Å². The quantitative estimate of drug-likeness (QED) is 0.605. The van der Waals surface area contributed by atoms with E-state index in [1.807, 2.05) is 0 Å². The highest BCUT2D eigenvalue weighted by atomic mass is 16.5. The summed E-state index contributed by atoms with van der Waals surface area (Å²) in [7, 11) is 1.33. The number of carbonyl (C=O) groups excluding carboxylic acids is 1. The van der Waals surface area contributed by atoms with E-state index in [4.69, 9.17) is 5.73 Å². The van der Waals surface area contributed by atoms with E-state index in [1.165, 1.54) is 7.11 Å². The van der Waals surface area contributed by atoms with Gasteiger partial charge in [-0.1, -0.05) is 0 Å². The second-order valence-corrected chi connectivity index (χ2v) is 3.81. The molecule has 0 amide bonds. The minimum Gasteiger partial charge on any atom is -0.469 e. The van der Waals surface area contributed by atoms with Gasteiger partial charge in [-0.15, -0.1) is 0 Å². The van der Waals surface area contributed by atoms with Crippen molar-refractivity contribution in [1.29, 1.82) is 0 Å². The van der Waals surface area contributed by atoms with Gasteiger partial charge in [-0.25, -0.2) is 0 Å². The molecular weight excluding hydrogens is 170 g/mol.